The molecule has 0 saturated heterocycles. The zero-order chi connectivity index (χ0) is 13.5. The van der Waals surface area contributed by atoms with Gasteiger partial charge in [0.1, 0.15) is 11.6 Å². The van der Waals surface area contributed by atoms with E-state index in [9.17, 15) is 8.78 Å². The number of hydrogen-bond acceptors (Lipinski definition) is 3. The van der Waals surface area contributed by atoms with Crippen molar-refractivity contribution in [1.82, 2.24) is 5.32 Å². The number of thioether (sulfide) groups is 1. The molecule has 1 heterocycles. The van der Waals surface area contributed by atoms with Gasteiger partial charge in [0.15, 0.2) is 0 Å². The maximum atomic E-state index is 13.3. The Morgan fingerprint density at radius 3 is 2.79 bits per heavy atom. The van der Waals surface area contributed by atoms with Crippen molar-refractivity contribution >= 4 is 23.1 Å². The molecule has 5 heteroatoms. The fourth-order valence-electron chi connectivity index (χ4n) is 1.62. The normalized spacial score (nSPS) is 10.8. The monoisotopic (exact) mass is 299 g/mol. The molecule has 0 bridgehead atoms. The molecule has 19 heavy (non-hydrogen) atoms. The first-order valence-corrected chi connectivity index (χ1v) is 7.93. The van der Waals surface area contributed by atoms with Crippen molar-refractivity contribution in [3.05, 3.63) is 52.2 Å². The van der Waals surface area contributed by atoms with Gasteiger partial charge in [-0.1, -0.05) is 6.07 Å². The third-order valence-corrected chi connectivity index (χ3v) is 4.55. The predicted octanol–water partition coefficient (Wildman–Crippen LogP) is 3.95. The minimum atomic E-state index is -0.532. The molecule has 2 aromatic rings. The third kappa shape index (κ3) is 4.93. The second-order valence-electron chi connectivity index (χ2n) is 4.00. The van der Waals surface area contributed by atoms with Crippen LogP contribution >= 0.6 is 23.1 Å². The Balaban J connectivity index is 1.61. The summed E-state index contributed by atoms with van der Waals surface area (Å²) in [7, 11) is 0. The minimum Gasteiger partial charge on any atom is -0.316 e. The molecule has 0 radical (unpaired) electrons. The standard InChI is InChI=1S/C14H15F2NS2/c15-11-3-4-14(13(16)10-11)19-9-7-17-6-5-12-2-1-8-18-12/h1-4,8,10,17H,5-7,9H2. The van der Waals surface area contributed by atoms with E-state index in [1.54, 1.807) is 11.3 Å². The largest absolute Gasteiger partial charge is 0.316 e. The lowest BCUT2D eigenvalue weighted by atomic mass is 10.3. The van der Waals surface area contributed by atoms with E-state index in [0.717, 1.165) is 31.3 Å². The van der Waals surface area contributed by atoms with Gasteiger partial charge < -0.3 is 5.32 Å². The lowest BCUT2D eigenvalue weighted by molar-refractivity contribution is 0.565. The number of benzene rings is 1. The summed E-state index contributed by atoms with van der Waals surface area (Å²) in [4.78, 5) is 1.87. The Morgan fingerprint density at radius 2 is 2.05 bits per heavy atom. The average Bonchev–Trinajstić information content (AvgIpc) is 2.89. The van der Waals surface area contributed by atoms with E-state index in [1.807, 2.05) is 6.07 Å². The van der Waals surface area contributed by atoms with Crippen molar-refractivity contribution in [3.8, 4) is 0 Å². The number of nitrogens with one attached hydrogen (secondary N) is 1. The molecule has 0 unspecified atom stereocenters. The highest BCUT2D eigenvalue weighted by molar-refractivity contribution is 7.99. The SMILES string of the molecule is Fc1ccc(SCCNCCc2cccs2)c(F)c1. The van der Waals surface area contributed by atoms with E-state index in [0.29, 0.717) is 4.90 Å². The van der Waals surface area contributed by atoms with E-state index >= 15 is 0 Å². The summed E-state index contributed by atoms with van der Waals surface area (Å²) in [6, 6.07) is 7.87. The van der Waals surface area contributed by atoms with Crippen molar-refractivity contribution in [3.63, 3.8) is 0 Å². The van der Waals surface area contributed by atoms with Crippen LogP contribution in [0.1, 0.15) is 4.88 Å². The molecular weight excluding hydrogens is 284 g/mol. The highest BCUT2D eigenvalue weighted by Gasteiger charge is 2.03. The molecule has 0 fully saturated rings. The minimum absolute atomic E-state index is 0.483. The van der Waals surface area contributed by atoms with Crippen LogP contribution in [0.25, 0.3) is 0 Å². The van der Waals surface area contributed by atoms with E-state index in [-0.39, 0.29) is 0 Å². The summed E-state index contributed by atoms with van der Waals surface area (Å²) in [5, 5.41) is 5.39. The predicted molar refractivity (Wildman–Crippen MR) is 78.0 cm³/mol. The molecule has 0 aliphatic carbocycles. The molecule has 1 aromatic carbocycles. The molecule has 0 saturated carbocycles. The maximum Gasteiger partial charge on any atom is 0.139 e. The highest BCUT2D eigenvalue weighted by atomic mass is 32.2. The summed E-state index contributed by atoms with van der Waals surface area (Å²) in [5.41, 5.74) is 0. The molecule has 1 nitrogen and oxygen atoms in total. The summed E-state index contributed by atoms with van der Waals surface area (Å²) >= 11 is 3.16. The number of halogens is 2. The first-order valence-electron chi connectivity index (χ1n) is 6.06. The van der Waals surface area contributed by atoms with Crippen molar-refractivity contribution in [2.24, 2.45) is 0 Å². The summed E-state index contributed by atoms with van der Waals surface area (Å²) in [6.07, 6.45) is 1.02. The van der Waals surface area contributed by atoms with E-state index in [2.05, 4.69) is 16.8 Å². The zero-order valence-corrected chi connectivity index (χ0v) is 12.0. The van der Waals surface area contributed by atoms with Crippen LogP contribution in [0.4, 0.5) is 8.78 Å². The van der Waals surface area contributed by atoms with Crippen LogP contribution < -0.4 is 5.32 Å². The van der Waals surface area contributed by atoms with Gasteiger partial charge in [0.25, 0.3) is 0 Å². The van der Waals surface area contributed by atoms with Gasteiger partial charge in [0.2, 0.25) is 0 Å². The maximum absolute atomic E-state index is 13.3. The van der Waals surface area contributed by atoms with Crippen LogP contribution in [0.5, 0.6) is 0 Å². The Morgan fingerprint density at radius 1 is 1.16 bits per heavy atom. The Kier molecular flexibility index (Phi) is 5.82. The number of thiophene rings is 1. The molecular formula is C14H15F2NS2. The fourth-order valence-corrected chi connectivity index (χ4v) is 3.15. The fraction of sp³-hybridized carbons (Fsp3) is 0.286. The first-order chi connectivity index (χ1) is 9.25. The Bertz CT molecular complexity index is 500. The van der Waals surface area contributed by atoms with Gasteiger partial charge in [-0.15, -0.1) is 23.1 Å². The molecule has 0 aliphatic heterocycles. The van der Waals surface area contributed by atoms with Gasteiger partial charge in [-0.05, 0) is 36.5 Å². The Labute approximate surface area is 120 Å². The summed E-state index contributed by atoms with van der Waals surface area (Å²) in [6.45, 7) is 1.74. The smallest absolute Gasteiger partial charge is 0.139 e. The van der Waals surface area contributed by atoms with Gasteiger partial charge in [0.05, 0.1) is 0 Å². The molecule has 0 amide bonds. The highest BCUT2D eigenvalue weighted by Crippen LogP contribution is 2.21. The molecule has 1 N–H and O–H groups in total. The van der Waals surface area contributed by atoms with Crippen LogP contribution in [0.2, 0.25) is 0 Å². The number of hydrogen-bond donors (Lipinski definition) is 1. The van der Waals surface area contributed by atoms with E-state index in [4.69, 9.17) is 0 Å². The van der Waals surface area contributed by atoms with Crippen LogP contribution in [0, 0.1) is 11.6 Å². The second-order valence-corrected chi connectivity index (χ2v) is 6.17. The van der Waals surface area contributed by atoms with Gasteiger partial charge in [0, 0.05) is 28.1 Å². The molecule has 0 spiro atoms. The molecule has 1 aromatic heterocycles. The average molecular weight is 299 g/mol. The lowest BCUT2D eigenvalue weighted by Gasteiger charge is -2.05. The van der Waals surface area contributed by atoms with Crippen molar-refractivity contribution in [2.75, 3.05) is 18.8 Å². The molecule has 0 atom stereocenters. The third-order valence-electron chi connectivity index (χ3n) is 2.56. The quantitative estimate of drug-likeness (QED) is 0.614. The van der Waals surface area contributed by atoms with Gasteiger partial charge in [-0.2, -0.15) is 0 Å². The van der Waals surface area contributed by atoms with E-state index in [1.165, 1.54) is 28.8 Å². The van der Waals surface area contributed by atoms with Crippen LogP contribution in [0.15, 0.2) is 40.6 Å². The van der Waals surface area contributed by atoms with Gasteiger partial charge >= 0.3 is 0 Å². The molecule has 0 aliphatic rings. The summed E-state index contributed by atoms with van der Waals surface area (Å²) < 4.78 is 26.0. The van der Waals surface area contributed by atoms with Crippen molar-refractivity contribution in [1.29, 1.82) is 0 Å². The van der Waals surface area contributed by atoms with Crippen LogP contribution in [-0.4, -0.2) is 18.8 Å². The van der Waals surface area contributed by atoms with E-state index < -0.39 is 11.6 Å². The zero-order valence-electron chi connectivity index (χ0n) is 10.4. The second kappa shape index (κ2) is 7.62. The molecule has 102 valence electrons. The Hall–Kier alpha value is -0.910. The topological polar surface area (TPSA) is 12.0 Å². The van der Waals surface area contributed by atoms with Gasteiger partial charge in [-0.3, -0.25) is 0 Å². The van der Waals surface area contributed by atoms with Crippen LogP contribution in [-0.2, 0) is 6.42 Å². The van der Waals surface area contributed by atoms with Crippen molar-refractivity contribution in [2.45, 2.75) is 11.3 Å². The lowest BCUT2D eigenvalue weighted by Crippen LogP contribution is -2.19. The van der Waals surface area contributed by atoms with Gasteiger partial charge in [-0.25, -0.2) is 8.78 Å². The number of rotatable bonds is 7. The first kappa shape index (κ1) is 14.5. The van der Waals surface area contributed by atoms with Crippen molar-refractivity contribution < 1.29 is 8.78 Å². The molecule has 2 rings (SSSR count). The summed E-state index contributed by atoms with van der Waals surface area (Å²) in [5.74, 6) is -0.244. The van der Waals surface area contributed by atoms with Crippen LogP contribution in [0.3, 0.4) is 0 Å².